The van der Waals surface area contributed by atoms with Crippen molar-refractivity contribution in [3.63, 3.8) is 0 Å². The van der Waals surface area contributed by atoms with Crippen molar-refractivity contribution in [2.45, 2.75) is 18.4 Å². The van der Waals surface area contributed by atoms with Crippen molar-refractivity contribution in [1.82, 2.24) is 9.55 Å². The topological polar surface area (TPSA) is 120 Å². The number of amides is 1. The SMILES string of the molecule is CP(C)(=O)CO[C@H]1CO[C@@H](n2ccc(NC(=O)c3ccccc3)nc2=O)[C@@H]1O. The average molecular weight is 407 g/mol. The molecule has 3 rings (SSSR count). The van der Waals surface area contributed by atoms with Gasteiger partial charge in [0.15, 0.2) is 6.23 Å². The summed E-state index contributed by atoms with van der Waals surface area (Å²) in [6.45, 7) is 3.23. The summed E-state index contributed by atoms with van der Waals surface area (Å²) in [6.07, 6.45) is -1.38. The van der Waals surface area contributed by atoms with E-state index in [2.05, 4.69) is 10.3 Å². The number of aromatic nitrogens is 2. The summed E-state index contributed by atoms with van der Waals surface area (Å²) in [5, 5.41) is 12.9. The zero-order valence-electron chi connectivity index (χ0n) is 15.5. The molecule has 9 nitrogen and oxygen atoms in total. The molecule has 10 heteroatoms. The van der Waals surface area contributed by atoms with Gasteiger partial charge in [0.25, 0.3) is 5.91 Å². The van der Waals surface area contributed by atoms with Crippen LogP contribution in [0.1, 0.15) is 16.6 Å². The molecule has 2 heterocycles. The van der Waals surface area contributed by atoms with Gasteiger partial charge in [-0.25, -0.2) is 4.79 Å². The molecule has 1 aromatic heterocycles. The van der Waals surface area contributed by atoms with Gasteiger partial charge in [-0.1, -0.05) is 18.2 Å². The van der Waals surface area contributed by atoms with E-state index in [0.29, 0.717) is 5.56 Å². The molecule has 1 aromatic carbocycles. The monoisotopic (exact) mass is 407 g/mol. The van der Waals surface area contributed by atoms with Crippen molar-refractivity contribution >= 4 is 18.9 Å². The molecular weight excluding hydrogens is 385 g/mol. The van der Waals surface area contributed by atoms with Crippen LogP contribution in [0.5, 0.6) is 0 Å². The van der Waals surface area contributed by atoms with Crippen molar-refractivity contribution in [1.29, 1.82) is 0 Å². The number of carbonyl (C=O) groups is 1. The molecule has 2 aromatic rings. The molecule has 0 bridgehead atoms. The molecule has 2 N–H and O–H groups in total. The Labute approximate surface area is 161 Å². The summed E-state index contributed by atoms with van der Waals surface area (Å²) in [4.78, 5) is 28.3. The van der Waals surface area contributed by atoms with Gasteiger partial charge in [0.2, 0.25) is 0 Å². The summed E-state index contributed by atoms with van der Waals surface area (Å²) in [7, 11) is -2.40. The van der Waals surface area contributed by atoms with Crippen molar-refractivity contribution < 1.29 is 23.9 Å². The van der Waals surface area contributed by atoms with Crippen molar-refractivity contribution in [2.24, 2.45) is 0 Å². The zero-order chi connectivity index (χ0) is 20.3. The van der Waals surface area contributed by atoms with Gasteiger partial charge in [-0.15, -0.1) is 0 Å². The summed E-state index contributed by atoms with van der Waals surface area (Å²) in [6, 6.07) is 9.98. The second-order valence-electron chi connectivity index (χ2n) is 6.95. The van der Waals surface area contributed by atoms with Crippen LogP contribution in [0.3, 0.4) is 0 Å². The van der Waals surface area contributed by atoms with Gasteiger partial charge in [-0.2, -0.15) is 4.98 Å². The molecule has 3 atom stereocenters. The molecule has 0 saturated carbocycles. The number of hydrogen-bond acceptors (Lipinski definition) is 7. The molecule has 1 aliphatic rings. The molecule has 0 radical (unpaired) electrons. The molecule has 1 amide bonds. The first kappa shape index (κ1) is 20.4. The van der Waals surface area contributed by atoms with Gasteiger partial charge in [0.05, 0.1) is 13.0 Å². The van der Waals surface area contributed by atoms with Crippen molar-refractivity contribution in [3.8, 4) is 0 Å². The molecule has 1 fully saturated rings. The Morgan fingerprint density at radius 1 is 1.36 bits per heavy atom. The van der Waals surface area contributed by atoms with Gasteiger partial charge < -0.3 is 24.5 Å². The molecule has 0 aliphatic carbocycles. The van der Waals surface area contributed by atoms with E-state index in [1.165, 1.54) is 12.3 Å². The number of anilines is 1. The molecule has 0 spiro atoms. The summed E-state index contributed by atoms with van der Waals surface area (Å²) < 4.78 is 23.8. The Bertz CT molecular complexity index is 942. The van der Waals surface area contributed by atoms with Crippen LogP contribution in [0.2, 0.25) is 0 Å². The van der Waals surface area contributed by atoms with Crippen LogP contribution in [-0.2, 0) is 14.0 Å². The largest absolute Gasteiger partial charge is 0.386 e. The minimum absolute atomic E-state index is 0.0163. The quantitative estimate of drug-likeness (QED) is 0.694. The van der Waals surface area contributed by atoms with Crippen LogP contribution in [-0.4, -0.2) is 59.1 Å². The number of hydrogen-bond donors (Lipinski definition) is 2. The number of nitrogens with one attached hydrogen (secondary N) is 1. The van der Waals surface area contributed by atoms with E-state index in [0.717, 1.165) is 4.57 Å². The van der Waals surface area contributed by atoms with Gasteiger partial charge in [0.1, 0.15) is 25.2 Å². The lowest BCUT2D eigenvalue weighted by Crippen LogP contribution is -2.36. The highest BCUT2D eigenvalue weighted by atomic mass is 31.2. The molecule has 150 valence electrons. The molecule has 28 heavy (non-hydrogen) atoms. The van der Waals surface area contributed by atoms with E-state index in [-0.39, 0.29) is 24.7 Å². The number of carbonyl (C=O) groups excluding carboxylic acids is 1. The fraction of sp³-hybridized carbons (Fsp3) is 0.389. The Morgan fingerprint density at radius 2 is 2.07 bits per heavy atom. The minimum Gasteiger partial charge on any atom is -0.386 e. The second kappa shape index (κ2) is 8.36. The third kappa shape index (κ3) is 4.94. The van der Waals surface area contributed by atoms with Crippen LogP contribution >= 0.6 is 7.14 Å². The number of aliphatic hydroxyl groups excluding tert-OH is 1. The number of aliphatic hydroxyl groups is 1. The van der Waals surface area contributed by atoms with E-state index in [1.54, 1.807) is 43.7 Å². The van der Waals surface area contributed by atoms with E-state index in [1.807, 2.05) is 0 Å². The first-order valence-electron chi connectivity index (χ1n) is 8.65. The standard InChI is InChI=1S/C18H22N3O6P/c1-28(2,25)11-27-13-10-26-17(15(13)22)21-9-8-14(20-18(21)24)19-16(23)12-6-4-3-5-7-12/h3-9,13,15,17,22H,10-11H2,1-2H3,(H,19,20,23,24)/t13-,15+,17+/m0/s1. The number of nitrogens with zero attached hydrogens (tertiary/aromatic N) is 2. The van der Waals surface area contributed by atoms with Crippen molar-refractivity contribution in [3.05, 3.63) is 58.6 Å². The first-order valence-corrected chi connectivity index (χ1v) is 11.4. The van der Waals surface area contributed by atoms with Gasteiger partial charge in [-0.3, -0.25) is 9.36 Å². The second-order valence-corrected chi connectivity index (χ2v) is 10.4. The van der Waals surface area contributed by atoms with Crippen LogP contribution in [0, 0.1) is 0 Å². The summed E-state index contributed by atoms with van der Waals surface area (Å²) in [5.74, 6) is -0.298. The van der Waals surface area contributed by atoms with Crippen LogP contribution in [0.15, 0.2) is 47.4 Å². The molecule has 0 unspecified atom stereocenters. The molecule has 1 saturated heterocycles. The lowest BCUT2D eigenvalue weighted by Gasteiger charge is -2.20. The smallest absolute Gasteiger partial charge is 0.351 e. The number of ether oxygens (including phenoxy) is 2. The van der Waals surface area contributed by atoms with Crippen LogP contribution in [0.25, 0.3) is 0 Å². The highest BCUT2D eigenvalue weighted by Crippen LogP contribution is 2.37. The minimum atomic E-state index is -2.40. The van der Waals surface area contributed by atoms with E-state index >= 15 is 0 Å². The maximum atomic E-state index is 12.3. The van der Waals surface area contributed by atoms with Gasteiger partial charge >= 0.3 is 5.69 Å². The third-order valence-electron chi connectivity index (χ3n) is 4.09. The first-order chi connectivity index (χ1) is 13.2. The van der Waals surface area contributed by atoms with Crippen LogP contribution in [0.4, 0.5) is 5.82 Å². The molecule has 1 aliphatic heterocycles. The summed E-state index contributed by atoms with van der Waals surface area (Å²) >= 11 is 0. The van der Waals surface area contributed by atoms with Crippen LogP contribution < -0.4 is 11.0 Å². The Hall–Kier alpha value is -2.32. The predicted octanol–water partition coefficient (Wildman–Crippen LogP) is 1.35. The van der Waals surface area contributed by atoms with E-state index in [4.69, 9.17) is 9.47 Å². The Kier molecular flexibility index (Phi) is 6.10. The Balaban J connectivity index is 1.68. The van der Waals surface area contributed by atoms with Gasteiger partial charge in [0, 0.05) is 11.8 Å². The van der Waals surface area contributed by atoms with Gasteiger partial charge in [-0.05, 0) is 31.5 Å². The lowest BCUT2D eigenvalue weighted by molar-refractivity contribution is -0.0302. The maximum absolute atomic E-state index is 12.3. The van der Waals surface area contributed by atoms with E-state index in [9.17, 15) is 19.3 Å². The maximum Gasteiger partial charge on any atom is 0.351 e. The highest BCUT2D eigenvalue weighted by molar-refractivity contribution is 7.62. The predicted molar refractivity (Wildman–Crippen MR) is 103 cm³/mol. The third-order valence-corrected chi connectivity index (χ3v) is 4.86. The summed E-state index contributed by atoms with van der Waals surface area (Å²) in [5.41, 5.74) is -0.251. The average Bonchev–Trinajstić information content (AvgIpc) is 3.01. The Morgan fingerprint density at radius 3 is 2.71 bits per heavy atom. The van der Waals surface area contributed by atoms with Crippen molar-refractivity contribution in [2.75, 3.05) is 31.6 Å². The number of benzene rings is 1. The van der Waals surface area contributed by atoms with E-state index < -0.39 is 31.3 Å². The fourth-order valence-electron chi connectivity index (χ4n) is 2.70. The zero-order valence-corrected chi connectivity index (χ0v) is 16.4. The number of rotatable bonds is 6. The fourth-order valence-corrected chi connectivity index (χ4v) is 3.25. The molecular formula is C18H22N3O6P. The highest BCUT2D eigenvalue weighted by Gasteiger charge is 2.39. The lowest BCUT2D eigenvalue weighted by atomic mass is 10.2. The normalized spacial score (nSPS) is 22.2.